The van der Waals surface area contributed by atoms with E-state index in [1.807, 2.05) is 76.2 Å². The molecule has 4 aromatic carbocycles. The van der Waals surface area contributed by atoms with Gasteiger partial charge in [0.2, 0.25) is 17.6 Å². The van der Waals surface area contributed by atoms with Crippen molar-refractivity contribution in [1.82, 2.24) is 10.1 Å². The van der Waals surface area contributed by atoms with Gasteiger partial charge >= 0.3 is 5.97 Å². The molecule has 0 spiro atoms. The first kappa shape index (κ1) is 29.6. The summed E-state index contributed by atoms with van der Waals surface area (Å²) in [5, 5.41) is 25.4. The van der Waals surface area contributed by atoms with Gasteiger partial charge in [-0.15, -0.1) is 0 Å². The number of ether oxygens (including phenoxy) is 1. The van der Waals surface area contributed by atoms with Gasteiger partial charge in [-0.1, -0.05) is 59.8 Å². The fourth-order valence-corrected chi connectivity index (χ4v) is 6.25. The van der Waals surface area contributed by atoms with Gasteiger partial charge in [0.15, 0.2) is 0 Å². The second-order valence-electron chi connectivity index (χ2n) is 11.4. The first-order valence-electron chi connectivity index (χ1n) is 14.7. The van der Waals surface area contributed by atoms with Gasteiger partial charge in [-0.05, 0) is 86.2 Å². The number of fused-ring (bicyclic) bond motifs is 1. The Kier molecular flexibility index (Phi) is 7.40. The molecule has 0 radical (unpaired) electrons. The average Bonchev–Trinajstić information content (AvgIpc) is 3.60. The molecule has 1 aliphatic heterocycles. The number of hydrogen-bond donors (Lipinski definition) is 2. The molecule has 0 bridgehead atoms. The maximum atomic E-state index is 15.0. The van der Waals surface area contributed by atoms with Gasteiger partial charge in [0, 0.05) is 16.8 Å². The van der Waals surface area contributed by atoms with Crippen molar-refractivity contribution in [2.24, 2.45) is 0 Å². The summed E-state index contributed by atoms with van der Waals surface area (Å²) in [4.78, 5) is 33.5. The number of rotatable bonds is 7. The fraction of sp³-hybridized carbons (Fsp3) is 0.222. The minimum atomic E-state index is -1.29. The van der Waals surface area contributed by atoms with Gasteiger partial charge in [0.1, 0.15) is 23.5 Å². The number of para-hydroxylation sites is 1. The highest BCUT2D eigenvalue weighted by atomic mass is 16.5. The zero-order chi connectivity index (χ0) is 32.0. The van der Waals surface area contributed by atoms with Gasteiger partial charge in [-0.2, -0.15) is 4.98 Å². The molecule has 6 rings (SSSR count). The number of aromatic hydroxyl groups is 2. The largest absolute Gasteiger partial charge is 0.507 e. The van der Waals surface area contributed by atoms with Crippen LogP contribution in [0.3, 0.4) is 0 Å². The second kappa shape index (κ2) is 11.2. The monoisotopic (exact) mass is 603 g/mol. The number of aryl methyl sites for hydroxylation is 4. The van der Waals surface area contributed by atoms with E-state index in [4.69, 9.17) is 9.26 Å². The maximum absolute atomic E-state index is 15.0. The van der Waals surface area contributed by atoms with Gasteiger partial charge in [0.25, 0.3) is 0 Å². The SMILES string of the molecule is CCOC(=O)c1cccc(-c2noc(CN3C(=O)C(c4cc(C)c(O)c(C)c4)(c4cc(C)c(O)c(C)c4)c4ccccc43)n2)c1. The van der Waals surface area contributed by atoms with Crippen molar-refractivity contribution >= 4 is 17.6 Å². The van der Waals surface area contributed by atoms with Crippen LogP contribution in [-0.2, 0) is 21.5 Å². The summed E-state index contributed by atoms with van der Waals surface area (Å²) in [6.45, 7) is 9.25. The van der Waals surface area contributed by atoms with Crippen LogP contribution in [0.4, 0.5) is 5.69 Å². The topological polar surface area (TPSA) is 126 Å². The van der Waals surface area contributed by atoms with Gasteiger partial charge < -0.3 is 24.4 Å². The number of aromatic nitrogens is 2. The number of benzene rings is 4. The number of anilines is 1. The Labute approximate surface area is 260 Å². The minimum absolute atomic E-state index is 0.00569. The Bertz CT molecular complexity index is 1870. The lowest BCUT2D eigenvalue weighted by Gasteiger charge is -2.32. The predicted octanol–water partition coefficient (Wildman–Crippen LogP) is 6.44. The Balaban J connectivity index is 1.48. The molecular weight excluding hydrogens is 570 g/mol. The van der Waals surface area contributed by atoms with Crippen LogP contribution in [0.15, 0.2) is 77.3 Å². The molecule has 2 N–H and O–H groups in total. The number of esters is 1. The number of amides is 1. The van der Waals surface area contributed by atoms with Gasteiger partial charge in [-0.25, -0.2) is 4.79 Å². The van der Waals surface area contributed by atoms with E-state index in [1.54, 1.807) is 36.1 Å². The second-order valence-corrected chi connectivity index (χ2v) is 11.4. The zero-order valence-corrected chi connectivity index (χ0v) is 25.7. The molecule has 2 heterocycles. The normalized spacial score (nSPS) is 13.6. The van der Waals surface area contributed by atoms with Crippen molar-refractivity contribution in [1.29, 1.82) is 0 Å². The molecule has 1 amide bonds. The Morgan fingerprint density at radius 2 is 1.47 bits per heavy atom. The van der Waals surface area contributed by atoms with E-state index in [2.05, 4.69) is 10.1 Å². The van der Waals surface area contributed by atoms with E-state index in [-0.39, 0.29) is 42.3 Å². The number of phenols is 2. The Hall–Kier alpha value is -5.44. The van der Waals surface area contributed by atoms with Crippen LogP contribution in [0.2, 0.25) is 0 Å². The number of phenolic OH excluding ortho intramolecular Hbond substituents is 2. The molecule has 0 saturated heterocycles. The van der Waals surface area contributed by atoms with Crippen molar-refractivity contribution in [3.8, 4) is 22.9 Å². The summed E-state index contributed by atoms with van der Waals surface area (Å²) in [7, 11) is 0. The third-order valence-electron chi connectivity index (χ3n) is 8.41. The molecule has 0 aliphatic carbocycles. The molecule has 0 unspecified atom stereocenters. The lowest BCUT2D eigenvalue weighted by molar-refractivity contribution is -0.120. The minimum Gasteiger partial charge on any atom is -0.507 e. The highest BCUT2D eigenvalue weighted by molar-refractivity contribution is 6.13. The molecule has 45 heavy (non-hydrogen) atoms. The molecule has 5 aromatic rings. The van der Waals surface area contributed by atoms with Crippen molar-refractivity contribution < 1.29 is 29.1 Å². The number of nitrogens with zero attached hydrogens (tertiary/aromatic N) is 3. The van der Waals surface area contributed by atoms with Crippen LogP contribution in [0.25, 0.3) is 11.4 Å². The molecule has 0 fully saturated rings. The first-order valence-corrected chi connectivity index (χ1v) is 14.7. The highest BCUT2D eigenvalue weighted by Gasteiger charge is 2.54. The lowest BCUT2D eigenvalue weighted by atomic mass is 9.69. The van der Waals surface area contributed by atoms with E-state index >= 15 is 4.79 Å². The Morgan fingerprint density at radius 3 is 2.07 bits per heavy atom. The van der Waals surface area contributed by atoms with Crippen molar-refractivity contribution in [2.75, 3.05) is 11.5 Å². The zero-order valence-electron chi connectivity index (χ0n) is 25.7. The smallest absolute Gasteiger partial charge is 0.338 e. The van der Waals surface area contributed by atoms with E-state index in [0.717, 1.165) is 5.56 Å². The predicted molar refractivity (Wildman–Crippen MR) is 168 cm³/mol. The van der Waals surface area contributed by atoms with Crippen molar-refractivity contribution in [3.05, 3.63) is 123 Å². The highest BCUT2D eigenvalue weighted by Crippen LogP contribution is 2.52. The third-order valence-corrected chi connectivity index (χ3v) is 8.41. The van der Waals surface area contributed by atoms with Crippen molar-refractivity contribution in [2.45, 2.75) is 46.6 Å². The van der Waals surface area contributed by atoms with Crippen LogP contribution in [-0.4, -0.2) is 38.8 Å². The summed E-state index contributed by atoms with van der Waals surface area (Å²) < 4.78 is 10.8. The number of carbonyl (C=O) groups is 2. The first-order chi connectivity index (χ1) is 21.6. The van der Waals surface area contributed by atoms with Crippen LogP contribution in [0.1, 0.15) is 62.1 Å². The molecule has 9 heteroatoms. The maximum Gasteiger partial charge on any atom is 0.338 e. The van der Waals surface area contributed by atoms with Crippen LogP contribution in [0, 0.1) is 27.7 Å². The van der Waals surface area contributed by atoms with E-state index in [1.165, 1.54) is 0 Å². The molecule has 0 atom stereocenters. The molecule has 1 aliphatic rings. The summed E-state index contributed by atoms with van der Waals surface area (Å²) in [5.41, 5.74) is 5.06. The average molecular weight is 604 g/mol. The summed E-state index contributed by atoms with van der Waals surface area (Å²) in [6, 6.07) is 21.7. The fourth-order valence-electron chi connectivity index (χ4n) is 6.25. The Morgan fingerprint density at radius 1 is 0.867 bits per heavy atom. The van der Waals surface area contributed by atoms with Gasteiger partial charge in [-0.3, -0.25) is 4.79 Å². The molecule has 0 saturated carbocycles. The lowest BCUT2D eigenvalue weighted by Crippen LogP contribution is -2.42. The quantitative estimate of drug-likeness (QED) is 0.204. The summed E-state index contributed by atoms with van der Waals surface area (Å²) in [6.07, 6.45) is 0. The standard InChI is InChI=1S/C36H33N3O6/c1-6-44-34(42)25-11-9-10-24(18-25)33-37-30(45-38-33)19-39-29-13-8-7-12-28(29)36(35(39)43,26-14-20(2)31(40)21(3)15-26)27-16-22(4)32(41)23(5)17-27/h7-18,40-41H,6,19H2,1-5H3. The number of hydrogen-bond acceptors (Lipinski definition) is 8. The molecule has 1 aromatic heterocycles. The van der Waals surface area contributed by atoms with Crippen molar-refractivity contribution in [3.63, 3.8) is 0 Å². The van der Waals surface area contributed by atoms with Gasteiger partial charge in [0.05, 0.1) is 12.2 Å². The van der Waals surface area contributed by atoms with E-state index in [9.17, 15) is 15.0 Å². The number of carbonyl (C=O) groups excluding carboxylic acids is 2. The molecular formula is C36H33N3O6. The van der Waals surface area contributed by atoms with E-state index in [0.29, 0.717) is 50.2 Å². The third kappa shape index (κ3) is 4.81. The van der Waals surface area contributed by atoms with Crippen LogP contribution in [0.5, 0.6) is 11.5 Å². The summed E-state index contributed by atoms with van der Waals surface area (Å²) >= 11 is 0. The van der Waals surface area contributed by atoms with Crippen LogP contribution < -0.4 is 4.90 Å². The van der Waals surface area contributed by atoms with Crippen LogP contribution >= 0.6 is 0 Å². The molecule has 228 valence electrons. The summed E-state index contributed by atoms with van der Waals surface area (Å²) in [5.74, 6) is 0.152. The van der Waals surface area contributed by atoms with E-state index < -0.39 is 11.4 Å². The molecule has 9 nitrogen and oxygen atoms in total.